The zero-order chi connectivity index (χ0) is 11.2. The largest absolute Gasteiger partial charge is 0.489 e. The van der Waals surface area contributed by atoms with Gasteiger partial charge in [0.05, 0.1) is 0 Å². The van der Waals surface area contributed by atoms with E-state index in [1.54, 1.807) is 24.3 Å². The molecule has 0 atom stereocenters. The molecule has 0 unspecified atom stereocenters. The monoisotopic (exact) mass is 213 g/mol. The highest BCUT2D eigenvalue weighted by Gasteiger charge is 1.95. The molecule has 0 N–H and O–H groups in total. The number of carbonyl (C=O) groups is 1. The number of rotatable bonds is 4. The molecule has 0 aromatic heterocycles. The van der Waals surface area contributed by atoms with Gasteiger partial charge < -0.3 is 4.74 Å². The lowest BCUT2D eigenvalue weighted by atomic mass is 10.2. The van der Waals surface area contributed by atoms with Crippen LogP contribution in [0.25, 0.3) is 0 Å². The molecule has 16 heavy (non-hydrogen) atoms. The summed E-state index contributed by atoms with van der Waals surface area (Å²) in [6, 6.07) is 17.0. The van der Waals surface area contributed by atoms with Crippen LogP contribution in [0.4, 0.5) is 0 Å². The lowest BCUT2D eigenvalue weighted by molar-refractivity contribution is 0.112. The molecule has 0 aliphatic heterocycles. The first-order valence-electron chi connectivity index (χ1n) is 5.10. The first kappa shape index (κ1) is 10.4. The van der Waals surface area contributed by atoms with Gasteiger partial charge in [0.2, 0.25) is 0 Å². The van der Waals surface area contributed by atoms with Crippen LogP contribution in [-0.4, -0.2) is 6.29 Å². The van der Waals surface area contributed by atoms with Crippen LogP contribution in [0.5, 0.6) is 5.75 Å². The average Bonchev–Trinajstić information content (AvgIpc) is 2.38. The van der Waals surface area contributed by atoms with Gasteiger partial charge in [0.1, 0.15) is 18.6 Å². The van der Waals surface area contributed by atoms with Crippen LogP contribution in [-0.2, 0) is 6.61 Å². The molecular formula is C14H12O2. The van der Waals surface area contributed by atoms with Gasteiger partial charge in [-0.25, -0.2) is 0 Å². The van der Waals surface area contributed by atoms with Gasteiger partial charge >= 0.3 is 0 Å². The fraction of sp³-hybridized carbons (Fsp3) is 0.0714. The van der Waals surface area contributed by atoms with Gasteiger partial charge in [0.15, 0.2) is 0 Å². The molecule has 2 rings (SSSR count). The second-order valence-corrected chi connectivity index (χ2v) is 3.46. The second kappa shape index (κ2) is 5.12. The lowest BCUT2D eigenvalue weighted by Gasteiger charge is -2.05. The van der Waals surface area contributed by atoms with E-state index >= 15 is 0 Å². The smallest absolute Gasteiger partial charge is 0.150 e. The van der Waals surface area contributed by atoms with Crippen molar-refractivity contribution < 1.29 is 9.53 Å². The minimum Gasteiger partial charge on any atom is -0.489 e. The van der Waals surface area contributed by atoms with E-state index in [1.807, 2.05) is 30.3 Å². The number of aldehydes is 1. The first-order chi connectivity index (χ1) is 7.88. The average molecular weight is 213 g/mol. The molecule has 0 fully saturated rings. The van der Waals surface area contributed by atoms with Crippen LogP contribution >= 0.6 is 0 Å². The van der Waals surface area contributed by atoms with Gasteiger partial charge in [-0.15, -0.1) is 0 Å². The highest BCUT2D eigenvalue weighted by molar-refractivity contribution is 5.74. The van der Waals surface area contributed by atoms with Gasteiger partial charge in [-0.3, -0.25) is 4.79 Å². The zero-order valence-corrected chi connectivity index (χ0v) is 8.80. The van der Waals surface area contributed by atoms with E-state index in [2.05, 4.69) is 0 Å². The van der Waals surface area contributed by atoms with E-state index in [1.165, 1.54) is 0 Å². The fourth-order valence-electron chi connectivity index (χ4n) is 1.38. The van der Waals surface area contributed by atoms with Gasteiger partial charge in [-0.05, 0) is 29.8 Å². The van der Waals surface area contributed by atoms with Crippen LogP contribution < -0.4 is 4.74 Å². The maximum Gasteiger partial charge on any atom is 0.150 e. The molecule has 2 aromatic rings. The summed E-state index contributed by atoms with van der Waals surface area (Å²) in [5.41, 5.74) is 1.79. The maximum absolute atomic E-state index is 10.5. The Morgan fingerprint density at radius 2 is 1.62 bits per heavy atom. The van der Waals surface area contributed by atoms with Crippen molar-refractivity contribution in [3.63, 3.8) is 0 Å². The van der Waals surface area contributed by atoms with E-state index in [9.17, 15) is 4.79 Å². The Kier molecular flexibility index (Phi) is 3.34. The van der Waals surface area contributed by atoms with E-state index < -0.39 is 0 Å². The molecular weight excluding hydrogens is 201 g/mol. The fourth-order valence-corrected chi connectivity index (χ4v) is 1.38. The normalized spacial score (nSPS) is 9.75. The number of hydrogen-bond acceptors (Lipinski definition) is 2. The van der Waals surface area contributed by atoms with E-state index in [-0.39, 0.29) is 0 Å². The summed E-state index contributed by atoms with van der Waals surface area (Å²) in [4.78, 5) is 10.5. The van der Waals surface area contributed by atoms with Gasteiger partial charge in [0.25, 0.3) is 0 Å². The quantitative estimate of drug-likeness (QED) is 0.576. The van der Waals surface area contributed by atoms with Crippen molar-refractivity contribution >= 4 is 6.29 Å². The van der Waals surface area contributed by atoms with E-state index in [0.29, 0.717) is 12.2 Å². The van der Waals surface area contributed by atoms with Gasteiger partial charge in [-0.1, -0.05) is 30.3 Å². The van der Waals surface area contributed by atoms with Crippen molar-refractivity contribution in [3.05, 3.63) is 65.7 Å². The van der Waals surface area contributed by atoms with Crippen LogP contribution in [0.3, 0.4) is 0 Å². The molecule has 0 spiro atoms. The van der Waals surface area contributed by atoms with Crippen LogP contribution in [0, 0.1) is 0 Å². The molecule has 0 saturated heterocycles. The number of hydrogen-bond donors (Lipinski definition) is 0. The summed E-state index contributed by atoms with van der Waals surface area (Å²) in [6.45, 7) is 0.543. The van der Waals surface area contributed by atoms with E-state index in [4.69, 9.17) is 4.74 Å². The first-order valence-corrected chi connectivity index (χ1v) is 5.10. The van der Waals surface area contributed by atoms with Crippen LogP contribution in [0.15, 0.2) is 54.6 Å². The highest BCUT2D eigenvalue weighted by Crippen LogP contribution is 2.13. The van der Waals surface area contributed by atoms with Crippen molar-refractivity contribution in [3.8, 4) is 5.75 Å². The van der Waals surface area contributed by atoms with Crippen molar-refractivity contribution in [2.24, 2.45) is 0 Å². The second-order valence-electron chi connectivity index (χ2n) is 3.46. The molecule has 0 heterocycles. The summed E-state index contributed by atoms with van der Waals surface area (Å²) in [6.07, 6.45) is 0.820. The Morgan fingerprint density at radius 1 is 0.938 bits per heavy atom. The van der Waals surface area contributed by atoms with Gasteiger partial charge in [0, 0.05) is 5.56 Å². The van der Waals surface area contributed by atoms with Gasteiger partial charge in [-0.2, -0.15) is 0 Å². The molecule has 2 heteroatoms. The minimum absolute atomic E-state index is 0.543. The highest BCUT2D eigenvalue weighted by atomic mass is 16.5. The third kappa shape index (κ3) is 2.70. The van der Waals surface area contributed by atoms with E-state index in [0.717, 1.165) is 17.6 Å². The zero-order valence-electron chi connectivity index (χ0n) is 8.80. The summed E-state index contributed by atoms with van der Waals surface area (Å²) in [5.74, 6) is 0.773. The number of benzene rings is 2. The molecule has 80 valence electrons. The number of carbonyl (C=O) groups excluding carboxylic acids is 1. The SMILES string of the molecule is O=[13CH]c1ccc(OCc2ccccc2)cc1. The predicted octanol–water partition coefficient (Wildman–Crippen LogP) is 3.08. The summed E-state index contributed by atoms with van der Waals surface area (Å²) in [5, 5.41) is 0. The summed E-state index contributed by atoms with van der Waals surface area (Å²) < 4.78 is 5.58. The standard InChI is InChI=1S/C14H12O2/c15-10-12-6-8-14(9-7-12)16-11-13-4-2-1-3-5-13/h1-10H,11H2/i10+1. The van der Waals surface area contributed by atoms with Crippen molar-refractivity contribution in [2.45, 2.75) is 6.61 Å². The van der Waals surface area contributed by atoms with Crippen LogP contribution in [0.1, 0.15) is 15.9 Å². The molecule has 0 aliphatic carbocycles. The Labute approximate surface area is 94.5 Å². The molecule has 0 bridgehead atoms. The third-order valence-electron chi connectivity index (χ3n) is 2.26. The van der Waals surface area contributed by atoms with Crippen molar-refractivity contribution in [1.82, 2.24) is 0 Å². The Morgan fingerprint density at radius 3 is 2.25 bits per heavy atom. The molecule has 0 aliphatic rings. The Bertz CT molecular complexity index is 446. The number of ether oxygens (including phenoxy) is 1. The maximum atomic E-state index is 10.5. The molecule has 0 radical (unpaired) electrons. The molecule has 2 aromatic carbocycles. The van der Waals surface area contributed by atoms with Crippen molar-refractivity contribution in [1.29, 1.82) is 0 Å². The molecule has 0 saturated carbocycles. The Balaban J connectivity index is 1.97. The molecule has 2 nitrogen and oxygen atoms in total. The van der Waals surface area contributed by atoms with Crippen molar-refractivity contribution in [2.75, 3.05) is 0 Å². The third-order valence-corrected chi connectivity index (χ3v) is 2.26. The molecule has 0 amide bonds. The predicted molar refractivity (Wildman–Crippen MR) is 62.6 cm³/mol. The van der Waals surface area contributed by atoms with Crippen LogP contribution in [0.2, 0.25) is 0 Å². The summed E-state index contributed by atoms with van der Waals surface area (Å²) >= 11 is 0. The summed E-state index contributed by atoms with van der Waals surface area (Å²) in [7, 11) is 0. The lowest BCUT2D eigenvalue weighted by Crippen LogP contribution is -1.94. The Hall–Kier alpha value is -2.09. The topological polar surface area (TPSA) is 26.3 Å². The minimum atomic E-state index is 0.543.